The lowest BCUT2D eigenvalue weighted by Crippen LogP contribution is -2.62. The summed E-state index contributed by atoms with van der Waals surface area (Å²) < 4.78 is 1.67. The molecule has 2 N–H and O–H groups in total. The Morgan fingerprint density at radius 2 is 2.11 bits per heavy atom. The van der Waals surface area contributed by atoms with E-state index in [1.165, 1.54) is 0 Å². The number of carbonyl (C=O) groups is 3. The molecule has 2 aromatic heterocycles. The molecule has 10 nitrogen and oxygen atoms in total. The van der Waals surface area contributed by atoms with Gasteiger partial charge in [0, 0.05) is 45.5 Å². The molecule has 5 rings (SSSR count). The molecule has 4 amide bonds. The summed E-state index contributed by atoms with van der Waals surface area (Å²) in [5, 5.41) is 9.48. The van der Waals surface area contributed by atoms with Crippen molar-refractivity contribution in [3.05, 3.63) is 24.2 Å². The van der Waals surface area contributed by atoms with E-state index in [0.717, 1.165) is 43.8 Å². The molecule has 3 saturated heterocycles. The van der Waals surface area contributed by atoms with Crippen molar-refractivity contribution < 1.29 is 14.4 Å². The summed E-state index contributed by atoms with van der Waals surface area (Å²) in [6.45, 7) is 4.19. The highest BCUT2D eigenvalue weighted by Crippen LogP contribution is 2.41. The number of hydrogen-bond acceptors (Lipinski definition) is 6. The van der Waals surface area contributed by atoms with Gasteiger partial charge in [0.25, 0.3) is 0 Å². The topological polar surface area (TPSA) is 112 Å². The van der Waals surface area contributed by atoms with E-state index in [1.54, 1.807) is 23.8 Å². The van der Waals surface area contributed by atoms with E-state index in [9.17, 15) is 14.4 Å². The van der Waals surface area contributed by atoms with Crippen LogP contribution < -0.4 is 15.5 Å². The van der Waals surface area contributed by atoms with Gasteiger partial charge in [-0.25, -0.2) is 14.3 Å². The maximum absolute atomic E-state index is 12.3. The Bertz CT molecular complexity index is 1000. The smallest absolute Gasteiger partial charge is 0.321 e. The van der Waals surface area contributed by atoms with Crippen LogP contribution in [0.25, 0.3) is 5.65 Å². The standard InChI is InChI=1S/C18H21N7O3/c1-11(26)24-6-3-18(24)2-5-23(10-18)14-8-13(22-25-7-4-19-15(14)25)12-9-20-17(28)21-16(12)27/h4,7-8,12H,2-3,5-6,9-10H2,1H3,(H2,20,21,27,28). The first-order chi connectivity index (χ1) is 13.5. The minimum absolute atomic E-state index is 0.102. The van der Waals surface area contributed by atoms with E-state index in [0.29, 0.717) is 5.69 Å². The summed E-state index contributed by atoms with van der Waals surface area (Å²) >= 11 is 0. The quantitative estimate of drug-likeness (QED) is 0.746. The molecule has 0 saturated carbocycles. The molecule has 28 heavy (non-hydrogen) atoms. The Morgan fingerprint density at radius 1 is 1.29 bits per heavy atom. The number of imide groups is 1. The van der Waals surface area contributed by atoms with Crippen LogP contribution in [-0.2, 0) is 9.59 Å². The molecule has 10 heteroatoms. The van der Waals surface area contributed by atoms with Crippen LogP contribution in [-0.4, -0.2) is 69.1 Å². The Morgan fingerprint density at radius 3 is 2.82 bits per heavy atom. The summed E-state index contributed by atoms with van der Waals surface area (Å²) in [6.07, 6.45) is 5.34. The number of fused-ring (bicyclic) bond motifs is 1. The van der Waals surface area contributed by atoms with Gasteiger partial charge in [0.05, 0.1) is 22.8 Å². The molecular weight excluding hydrogens is 362 g/mol. The van der Waals surface area contributed by atoms with Crippen LogP contribution >= 0.6 is 0 Å². The zero-order chi connectivity index (χ0) is 19.5. The number of likely N-dealkylation sites (tertiary alicyclic amines) is 1. The number of nitrogens with zero attached hydrogens (tertiary/aromatic N) is 5. The molecule has 2 unspecified atom stereocenters. The summed E-state index contributed by atoms with van der Waals surface area (Å²) in [4.78, 5) is 44.2. The summed E-state index contributed by atoms with van der Waals surface area (Å²) in [5.74, 6) is -0.803. The second kappa shape index (κ2) is 5.91. The van der Waals surface area contributed by atoms with Crippen molar-refractivity contribution in [2.24, 2.45) is 0 Å². The van der Waals surface area contributed by atoms with Gasteiger partial charge in [-0.3, -0.25) is 14.9 Å². The predicted octanol–water partition coefficient (Wildman–Crippen LogP) is -0.147. The molecule has 146 valence electrons. The molecule has 3 fully saturated rings. The van der Waals surface area contributed by atoms with Crippen molar-refractivity contribution in [1.29, 1.82) is 0 Å². The van der Waals surface area contributed by atoms with Gasteiger partial charge >= 0.3 is 6.03 Å². The van der Waals surface area contributed by atoms with Crippen LogP contribution in [0.4, 0.5) is 10.5 Å². The first kappa shape index (κ1) is 17.0. The fraction of sp³-hybridized carbons (Fsp3) is 0.500. The summed E-state index contributed by atoms with van der Waals surface area (Å²) in [6, 6.07) is 1.40. The first-order valence-electron chi connectivity index (χ1n) is 9.43. The van der Waals surface area contributed by atoms with Gasteiger partial charge in [-0.05, 0) is 18.9 Å². The third-order valence-electron chi connectivity index (χ3n) is 6.16. The highest BCUT2D eigenvalue weighted by atomic mass is 16.2. The van der Waals surface area contributed by atoms with Crippen LogP contribution in [0.5, 0.6) is 0 Å². The molecule has 1 spiro atoms. The normalized spacial score (nSPS) is 27.1. The molecule has 5 heterocycles. The number of aromatic nitrogens is 3. The van der Waals surface area contributed by atoms with Gasteiger partial charge in [-0.15, -0.1) is 0 Å². The van der Waals surface area contributed by atoms with Crippen molar-refractivity contribution in [2.45, 2.75) is 31.2 Å². The lowest BCUT2D eigenvalue weighted by molar-refractivity contribution is -0.143. The van der Waals surface area contributed by atoms with Crippen molar-refractivity contribution in [3.63, 3.8) is 0 Å². The number of carbonyl (C=O) groups excluding carboxylic acids is 3. The zero-order valence-electron chi connectivity index (χ0n) is 15.5. The zero-order valence-corrected chi connectivity index (χ0v) is 15.5. The van der Waals surface area contributed by atoms with Crippen molar-refractivity contribution in [3.8, 4) is 0 Å². The van der Waals surface area contributed by atoms with Crippen LogP contribution in [0.1, 0.15) is 31.4 Å². The van der Waals surface area contributed by atoms with Crippen molar-refractivity contribution in [1.82, 2.24) is 30.1 Å². The average Bonchev–Trinajstić information content (AvgIpc) is 3.28. The molecule has 0 radical (unpaired) electrons. The van der Waals surface area contributed by atoms with E-state index in [4.69, 9.17) is 0 Å². The SMILES string of the molecule is CC(=O)N1CCC12CCN(c1cc(C3CNC(=O)NC3=O)nn3ccnc13)C2. The third-order valence-corrected chi connectivity index (χ3v) is 6.16. The van der Waals surface area contributed by atoms with Crippen molar-refractivity contribution in [2.75, 3.05) is 31.1 Å². The van der Waals surface area contributed by atoms with Gasteiger partial charge in [0.2, 0.25) is 11.8 Å². The molecule has 3 aliphatic rings. The van der Waals surface area contributed by atoms with Crippen LogP contribution in [0.2, 0.25) is 0 Å². The minimum atomic E-state index is -0.558. The Labute approximate surface area is 160 Å². The van der Waals surface area contributed by atoms with Gasteiger partial charge < -0.3 is 15.1 Å². The largest absolute Gasteiger partial charge is 0.366 e. The number of imidazole rings is 1. The van der Waals surface area contributed by atoms with E-state index in [-0.39, 0.29) is 23.9 Å². The fourth-order valence-electron chi connectivity index (χ4n) is 4.61. The lowest BCUT2D eigenvalue weighted by Gasteiger charge is -2.50. The molecule has 3 aliphatic heterocycles. The summed E-state index contributed by atoms with van der Waals surface area (Å²) in [7, 11) is 0. The monoisotopic (exact) mass is 383 g/mol. The van der Waals surface area contributed by atoms with E-state index >= 15 is 0 Å². The molecule has 0 aromatic carbocycles. The highest BCUT2D eigenvalue weighted by Gasteiger charge is 2.50. The second-order valence-electron chi connectivity index (χ2n) is 7.72. The van der Waals surface area contributed by atoms with E-state index in [1.807, 2.05) is 11.0 Å². The fourth-order valence-corrected chi connectivity index (χ4v) is 4.61. The maximum atomic E-state index is 12.3. The van der Waals surface area contributed by atoms with Gasteiger partial charge in [-0.2, -0.15) is 5.10 Å². The predicted molar refractivity (Wildman–Crippen MR) is 98.8 cm³/mol. The number of amides is 4. The molecule has 2 aromatic rings. The van der Waals surface area contributed by atoms with E-state index < -0.39 is 11.9 Å². The number of anilines is 1. The molecular formula is C18H21N7O3. The Balaban J connectivity index is 1.50. The highest BCUT2D eigenvalue weighted by molar-refractivity contribution is 6.00. The Kier molecular flexibility index (Phi) is 3.58. The van der Waals surface area contributed by atoms with Gasteiger partial charge in [-0.1, -0.05) is 0 Å². The molecule has 0 aliphatic carbocycles. The lowest BCUT2D eigenvalue weighted by atomic mass is 9.83. The molecule has 2 atom stereocenters. The van der Waals surface area contributed by atoms with Crippen LogP contribution in [0, 0.1) is 0 Å². The number of nitrogens with one attached hydrogen (secondary N) is 2. The van der Waals surface area contributed by atoms with Gasteiger partial charge in [0.1, 0.15) is 0 Å². The van der Waals surface area contributed by atoms with Crippen LogP contribution in [0.15, 0.2) is 18.5 Å². The van der Waals surface area contributed by atoms with Crippen LogP contribution in [0.3, 0.4) is 0 Å². The average molecular weight is 383 g/mol. The van der Waals surface area contributed by atoms with Crippen molar-refractivity contribution >= 4 is 29.2 Å². The number of urea groups is 1. The minimum Gasteiger partial charge on any atom is -0.366 e. The Hall–Kier alpha value is -3.17. The molecule has 0 bridgehead atoms. The number of hydrogen-bond donors (Lipinski definition) is 2. The van der Waals surface area contributed by atoms with Gasteiger partial charge in [0.15, 0.2) is 5.65 Å². The maximum Gasteiger partial charge on any atom is 0.321 e. The first-order valence-corrected chi connectivity index (χ1v) is 9.43. The third kappa shape index (κ3) is 2.44. The van der Waals surface area contributed by atoms with E-state index in [2.05, 4.69) is 25.6 Å². The summed E-state index contributed by atoms with van der Waals surface area (Å²) in [5.41, 5.74) is 2.09. The second-order valence-corrected chi connectivity index (χ2v) is 7.72. The number of rotatable bonds is 2.